The highest BCUT2D eigenvalue weighted by molar-refractivity contribution is 5.91. The highest BCUT2D eigenvalue weighted by Crippen LogP contribution is 2.22. The van der Waals surface area contributed by atoms with E-state index in [0.717, 1.165) is 0 Å². The summed E-state index contributed by atoms with van der Waals surface area (Å²) in [6.45, 7) is 6.14. The molecule has 106 valence electrons. The molecule has 6 nitrogen and oxygen atoms in total. The molecule has 0 aliphatic heterocycles. The Bertz CT molecular complexity index is 646. The van der Waals surface area contributed by atoms with Crippen LogP contribution in [0.1, 0.15) is 20.8 Å². The third kappa shape index (κ3) is 2.79. The maximum atomic E-state index is 12.1. The number of fused-ring (bicyclic) bond motifs is 1. The van der Waals surface area contributed by atoms with E-state index in [1.165, 1.54) is 4.57 Å². The molecule has 6 heteroatoms. The molecule has 0 fully saturated rings. The lowest BCUT2D eigenvalue weighted by Crippen LogP contribution is -2.13. The first kappa shape index (κ1) is 14.0. The van der Waals surface area contributed by atoms with Crippen molar-refractivity contribution in [2.24, 2.45) is 4.99 Å². The van der Waals surface area contributed by atoms with Crippen molar-refractivity contribution in [1.82, 2.24) is 9.55 Å². The van der Waals surface area contributed by atoms with Crippen LogP contribution in [0.5, 0.6) is 0 Å². The number of para-hydroxylation sites is 2. The van der Waals surface area contributed by atoms with Crippen LogP contribution < -0.4 is 0 Å². The molecule has 0 aliphatic carbocycles. The van der Waals surface area contributed by atoms with E-state index in [0.29, 0.717) is 30.1 Å². The van der Waals surface area contributed by atoms with Gasteiger partial charge in [0.1, 0.15) is 0 Å². The molecule has 0 amide bonds. The molecule has 1 heterocycles. The van der Waals surface area contributed by atoms with Gasteiger partial charge < -0.3 is 9.47 Å². The smallest absolute Gasteiger partial charge is 0.421 e. The number of ether oxygens (including phenoxy) is 2. The number of carbonyl (C=O) groups excluding carboxylic acids is 1. The van der Waals surface area contributed by atoms with Gasteiger partial charge in [-0.25, -0.2) is 14.3 Å². The lowest BCUT2D eigenvalue weighted by Gasteiger charge is -2.06. The summed E-state index contributed by atoms with van der Waals surface area (Å²) >= 11 is 0. The zero-order valence-electron chi connectivity index (χ0n) is 11.8. The van der Waals surface area contributed by atoms with Crippen LogP contribution in [0.3, 0.4) is 0 Å². The topological polar surface area (TPSA) is 65.7 Å². The van der Waals surface area contributed by atoms with Crippen LogP contribution in [0.4, 0.5) is 10.7 Å². The van der Waals surface area contributed by atoms with E-state index < -0.39 is 6.09 Å². The largest absolute Gasteiger partial charge is 0.481 e. The molecule has 0 spiro atoms. The minimum Gasteiger partial charge on any atom is -0.481 e. The molecule has 0 saturated carbocycles. The van der Waals surface area contributed by atoms with Gasteiger partial charge in [0.25, 0.3) is 0 Å². The summed E-state index contributed by atoms with van der Waals surface area (Å²) < 4.78 is 11.7. The average molecular weight is 275 g/mol. The summed E-state index contributed by atoms with van der Waals surface area (Å²) in [7, 11) is 0. The molecule has 0 N–H and O–H groups in total. The van der Waals surface area contributed by atoms with Gasteiger partial charge in [0.2, 0.25) is 5.95 Å². The van der Waals surface area contributed by atoms with Gasteiger partial charge >= 0.3 is 6.09 Å². The third-order valence-corrected chi connectivity index (χ3v) is 2.60. The second-order valence-corrected chi connectivity index (χ2v) is 4.00. The van der Waals surface area contributed by atoms with Crippen molar-refractivity contribution in [3.05, 3.63) is 24.3 Å². The van der Waals surface area contributed by atoms with Crippen molar-refractivity contribution < 1.29 is 14.3 Å². The van der Waals surface area contributed by atoms with E-state index >= 15 is 0 Å². The van der Waals surface area contributed by atoms with Crippen molar-refractivity contribution >= 4 is 29.0 Å². The number of aliphatic imine (C=N–C) groups is 1. The lowest BCUT2D eigenvalue weighted by atomic mass is 10.3. The van der Waals surface area contributed by atoms with E-state index in [1.54, 1.807) is 19.9 Å². The van der Waals surface area contributed by atoms with Gasteiger partial charge in [0.15, 0.2) is 5.90 Å². The number of hydrogen-bond acceptors (Lipinski definition) is 5. The highest BCUT2D eigenvalue weighted by Gasteiger charge is 2.17. The lowest BCUT2D eigenvalue weighted by molar-refractivity contribution is 0.155. The van der Waals surface area contributed by atoms with E-state index in [-0.39, 0.29) is 5.95 Å². The molecule has 1 aromatic heterocycles. The Hall–Kier alpha value is -2.37. The second kappa shape index (κ2) is 6.18. The van der Waals surface area contributed by atoms with Crippen LogP contribution in [0.2, 0.25) is 0 Å². The van der Waals surface area contributed by atoms with Crippen LogP contribution in [-0.2, 0) is 9.47 Å². The molecule has 20 heavy (non-hydrogen) atoms. The van der Waals surface area contributed by atoms with Gasteiger partial charge in [-0.3, -0.25) is 0 Å². The maximum Gasteiger partial charge on any atom is 0.421 e. The maximum absolute atomic E-state index is 12.1. The van der Waals surface area contributed by atoms with Crippen molar-refractivity contribution in [3.63, 3.8) is 0 Å². The van der Waals surface area contributed by atoms with Gasteiger partial charge in [0, 0.05) is 6.92 Å². The third-order valence-electron chi connectivity index (χ3n) is 2.60. The Morgan fingerprint density at radius 1 is 1.25 bits per heavy atom. The second-order valence-electron chi connectivity index (χ2n) is 4.00. The summed E-state index contributed by atoms with van der Waals surface area (Å²) in [5.41, 5.74) is 1.35. The van der Waals surface area contributed by atoms with Crippen LogP contribution in [0, 0.1) is 0 Å². The van der Waals surface area contributed by atoms with Crippen LogP contribution >= 0.6 is 0 Å². The summed E-state index contributed by atoms with van der Waals surface area (Å²) in [6.07, 6.45) is -0.496. The molecular formula is C14H17N3O3. The number of carbonyl (C=O) groups is 1. The van der Waals surface area contributed by atoms with Crippen molar-refractivity contribution in [1.29, 1.82) is 0 Å². The quantitative estimate of drug-likeness (QED) is 0.637. The normalized spacial score (nSPS) is 11.7. The number of benzene rings is 1. The van der Waals surface area contributed by atoms with Gasteiger partial charge in [0.05, 0.1) is 24.2 Å². The molecule has 0 aliphatic rings. The zero-order chi connectivity index (χ0) is 14.5. The van der Waals surface area contributed by atoms with Gasteiger partial charge in [-0.15, -0.1) is 0 Å². The number of aromatic nitrogens is 2. The Morgan fingerprint density at radius 3 is 2.65 bits per heavy atom. The van der Waals surface area contributed by atoms with E-state index in [9.17, 15) is 4.79 Å². The van der Waals surface area contributed by atoms with Crippen molar-refractivity contribution in [3.8, 4) is 0 Å². The Kier molecular flexibility index (Phi) is 4.34. The van der Waals surface area contributed by atoms with Gasteiger partial charge in [-0.1, -0.05) is 12.1 Å². The molecule has 1 aromatic carbocycles. The first-order chi connectivity index (χ1) is 9.67. The molecule has 2 rings (SSSR count). The monoisotopic (exact) mass is 275 g/mol. The fraction of sp³-hybridized carbons (Fsp3) is 0.357. The summed E-state index contributed by atoms with van der Waals surface area (Å²) in [4.78, 5) is 20.6. The first-order valence-corrected chi connectivity index (χ1v) is 6.50. The summed E-state index contributed by atoms with van der Waals surface area (Å²) in [5.74, 6) is 0.712. The van der Waals surface area contributed by atoms with Crippen LogP contribution in [0.15, 0.2) is 29.3 Å². The molecular weight excluding hydrogens is 258 g/mol. The number of imidazole rings is 1. The number of hydrogen-bond donors (Lipinski definition) is 0. The SMILES string of the molecule is CCOC(=O)n1c(/N=C(\C)OCC)nc2ccccc21. The number of rotatable bonds is 3. The molecule has 0 bridgehead atoms. The highest BCUT2D eigenvalue weighted by atomic mass is 16.5. The molecule has 0 radical (unpaired) electrons. The fourth-order valence-electron chi connectivity index (χ4n) is 1.84. The van der Waals surface area contributed by atoms with Gasteiger partial charge in [-0.05, 0) is 26.0 Å². The Morgan fingerprint density at radius 2 is 1.95 bits per heavy atom. The predicted octanol–water partition coefficient (Wildman–Crippen LogP) is 3.13. The summed E-state index contributed by atoms with van der Waals surface area (Å²) in [6, 6.07) is 7.31. The van der Waals surface area contributed by atoms with Crippen LogP contribution in [0.25, 0.3) is 11.0 Å². The van der Waals surface area contributed by atoms with Gasteiger partial charge in [-0.2, -0.15) is 4.99 Å². The van der Waals surface area contributed by atoms with E-state index in [2.05, 4.69) is 9.98 Å². The number of nitrogens with zero attached hydrogens (tertiary/aromatic N) is 3. The minimum absolute atomic E-state index is 0.260. The Labute approximate surface area is 117 Å². The van der Waals surface area contributed by atoms with Crippen molar-refractivity contribution in [2.45, 2.75) is 20.8 Å². The zero-order valence-corrected chi connectivity index (χ0v) is 11.8. The standard InChI is InChI=1S/C14H17N3O3/c1-4-19-10(3)15-13-16-11-8-6-7-9-12(11)17(13)14(18)20-5-2/h6-9H,4-5H2,1-3H3/b15-10+. The minimum atomic E-state index is -0.496. The fourth-order valence-corrected chi connectivity index (χ4v) is 1.84. The average Bonchev–Trinajstić information content (AvgIpc) is 2.76. The molecule has 2 aromatic rings. The molecule has 0 unspecified atom stereocenters. The van der Waals surface area contributed by atoms with E-state index in [4.69, 9.17) is 9.47 Å². The Balaban J connectivity index is 2.55. The van der Waals surface area contributed by atoms with E-state index in [1.807, 2.05) is 25.1 Å². The first-order valence-electron chi connectivity index (χ1n) is 6.50. The summed E-state index contributed by atoms with van der Waals surface area (Å²) in [5, 5.41) is 0. The van der Waals surface area contributed by atoms with Crippen molar-refractivity contribution in [2.75, 3.05) is 13.2 Å². The predicted molar refractivity (Wildman–Crippen MR) is 76.5 cm³/mol. The molecule has 0 saturated heterocycles. The molecule has 0 atom stereocenters. The van der Waals surface area contributed by atoms with Crippen LogP contribution in [-0.4, -0.2) is 34.8 Å².